The number of fused-ring (bicyclic) bond motifs is 1. The summed E-state index contributed by atoms with van der Waals surface area (Å²) in [6.45, 7) is 4.63. The fourth-order valence-electron chi connectivity index (χ4n) is 3.53. The zero-order valence-electron chi connectivity index (χ0n) is 11.5. The van der Waals surface area contributed by atoms with Crippen molar-refractivity contribution in [3.8, 4) is 0 Å². The number of carbonyl (C=O) groups is 2. The molecule has 0 aliphatic carbocycles. The molecule has 3 heterocycles. The second-order valence-corrected chi connectivity index (χ2v) is 5.65. The summed E-state index contributed by atoms with van der Waals surface area (Å²) in [6, 6.07) is 0.168. The average molecular weight is 265 g/mol. The normalized spacial score (nSPS) is 40.7. The van der Waals surface area contributed by atoms with Crippen LogP contribution < -0.4 is 0 Å². The molecule has 3 aliphatic rings. The van der Waals surface area contributed by atoms with E-state index in [0.29, 0.717) is 6.54 Å². The van der Waals surface area contributed by atoms with Crippen molar-refractivity contribution in [1.29, 1.82) is 0 Å². The Labute approximate surface area is 112 Å². The molecule has 3 rings (SSSR count). The van der Waals surface area contributed by atoms with Crippen LogP contribution in [0.3, 0.4) is 0 Å². The fraction of sp³-hybridized carbons (Fsp3) is 0.714. The third kappa shape index (κ3) is 1.51. The highest BCUT2D eigenvalue weighted by atomic mass is 16.5. The van der Waals surface area contributed by atoms with Gasteiger partial charge < -0.3 is 14.4 Å². The predicted octanol–water partition coefficient (Wildman–Crippen LogP) is 0.740. The van der Waals surface area contributed by atoms with Crippen LogP contribution in [0.25, 0.3) is 0 Å². The summed E-state index contributed by atoms with van der Waals surface area (Å²) in [5, 5.41) is 0. The topological polar surface area (TPSA) is 55.8 Å². The van der Waals surface area contributed by atoms with Crippen molar-refractivity contribution in [3.05, 3.63) is 12.2 Å². The summed E-state index contributed by atoms with van der Waals surface area (Å²) in [5.74, 6) is -1.22. The number of hydrogen-bond acceptors (Lipinski definition) is 4. The van der Waals surface area contributed by atoms with Gasteiger partial charge in [0.25, 0.3) is 0 Å². The third-order valence-corrected chi connectivity index (χ3v) is 4.73. The Morgan fingerprint density at radius 2 is 2.42 bits per heavy atom. The van der Waals surface area contributed by atoms with Gasteiger partial charge in [0, 0.05) is 6.04 Å². The molecule has 0 unspecified atom stereocenters. The van der Waals surface area contributed by atoms with E-state index in [4.69, 9.17) is 9.47 Å². The molecule has 0 N–H and O–H groups in total. The van der Waals surface area contributed by atoms with Crippen LogP contribution >= 0.6 is 0 Å². The van der Waals surface area contributed by atoms with Gasteiger partial charge in [-0.1, -0.05) is 19.1 Å². The molecule has 0 radical (unpaired) electrons. The van der Waals surface area contributed by atoms with Crippen molar-refractivity contribution in [2.45, 2.75) is 38.0 Å². The van der Waals surface area contributed by atoms with Crippen molar-refractivity contribution < 1.29 is 19.1 Å². The minimum Gasteiger partial charge on any atom is -0.469 e. The van der Waals surface area contributed by atoms with E-state index in [0.717, 1.165) is 6.42 Å². The predicted molar refractivity (Wildman–Crippen MR) is 67.2 cm³/mol. The van der Waals surface area contributed by atoms with Crippen LogP contribution in [0.1, 0.15) is 20.3 Å². The van der Waals surface area contributed by atoms with Crippen LogP contribution in [-0.2, 0) is 19.1 Å². The van der Waals surface area contributed by atoms with Crippen LogP contribution in [0, 0.1) is 11.8 Å². The SMILES string of the molecule is CC[C@H](C)N1C[C@]23C=C[C@H](O2)[C@H](C(=O)OC)[C@@H]3C1=O. The molecule has 0 aromatic carbocycles. The second kappa shape index (κ2) is 4.07. The molecule has 3 aliphatic heterocycles. The zero-order valence-corrected chi connectivity index (χ0v) is 11.5. The van der Waals surface area contributed by atoms with Gasteiger partial charge in [-0.3, -0.25) is 9.59 Å². The Kier molecular flexibility index (Phi) is 2.71. The lowest BCUT2D eigenvalue weighted by atomic mass is 9.77. The van der Waals surface area contributed by atoms with E-state index < -0.39 is 17.4 Å². The Morgan fingerprint density at radius 3 is 3.05 bits per heavy atom. The number of amides is 1. The minimum atomic E-state index is -0.607. The molecule has 1 spiro atoms. The van der Waals surface area contributed by atoms with Crippen molar-refractivity contribution in [2.75, 3.05) is 13.7 Å². The summed E-state index contributed by atoms with van der Waals surface area (Å²) >= 11 is 0. The van der Waals surface area contributed by atoms with Crippen molar-refractivity contribution in [2.24, 2.45) is 11.8 Å². The van der Waals surface area contributed by atoms with Gasteiger partial charge in [-0.25, -0.2) is 0 Å². The summed E-state index contributed by atoms with van der Waals surface area (Å²) < 4.78 is 10.8. The quantitative estimate of drug-likeness (QED) is 0.558. The van der Waals surface area contributed by atoms with E-state index in [9.17, 15) is 9.59 Å². The minimum absolute atomic E-state index is 0.0246. The maximum absolute atomic E-state index is 12.6. The number of hydrogen-bond donors (Lipinski definition) is 0. The number of carbonyl (C=O) groups excluding carboxylic acids is 2. The van der Waals surface area contributed by atoms with E-state index in [2.05, 4.69) is 6.92 Å². The van der Waals surface area contributed by atoms with Gasteiger partial charge in [-0.05, 0) is 13.3 Å². The highest BCUT2D eigenvalue weighted by Gasteiger charge is 2.67. The van der Waals surface area contributed by atoms with E-state index in [1.165, 1.54) is 7.11 Å². The number of ether oxygens (including phenoxy) is 2. The lowest BCUT2D eigenvalue weighted by molar-refractivity contribution is -0.151. The van der Waals surface area contributed by atoms with Gasteiger partial charge in [-0.15, -0.1) is 0 Å². The van der Waals surface area contributed by atoms with Crippen LogP contribution in [0.15, 0.2) is 12.2 Å². The molecule has 19 heavy (non-hydrogen) atoms. The molecule has 2 fully saturated rings. The standard InChI is InChI=1S/C14H19NO4/c1-4-8(2)15-7-14-6-5-9(19-14)10(13(17)18-3)11(14)12(15)16/h5-6,8-11H,4,7H2,1-3H3/t8-,9-,10-,11+,14-/m0/s1. The van der Waals surface area contributed by atoms with Crippen LogP contribution in [0.2, 0.25) is 0 Å². The van der Waals surface area contributed by atoms with Crippen molar-refractivity contribution in [1.82, 2.24) is 4.90 Å². The maximum atomic E-state index is 12.6. The first-order valence-electron chi connectivity index (χ1n) is 6.79. The van der Waals surface area contributed by atoms with E-state index in [1.54, 1.807) is 0 Å². The Morgan fingerprint density at radius 1 is 1.68 bits per heavy atom. The molecule has 2 saturated heterocycles. The summed E-state index contributed by atoms with van der Waals surface area (Å²) in [5.41, 5.74) is -0.607. The number of methoxy groups -OCH3 is 1. The zero-order chi connectivity index (χ0) is 13.8. The van der Waals surface area contributed by atoms with E-state index in [1.807, 2.05) is 24.0 Å². The molecule has 2 bridgehead atoms. The Bertz CT molecular complexity index is 460. The van der Waals surface area contributed by atoms with Gasteiger partial charge in [0.15, 0.2) is 0 Å². The molecule has 5 nitrogen and oxygen atoms in total. The lowest BCUT2D eigenvalue weighted by Crippen LogP contribution is -2.40. The van der Waals surface area contributed by atoms with Crippen LogP contribution in [0.5, 0.6) is 0 Å². The highest BCUT2D eigenvalue weighted by Crippen LogP contribution is 2.52. The molecule has 0 saturated carbocycles. The van der Waals surface area contributed by atoms with Crippen molar-refractivity contribution >= 4 is 11.9 Å². The monoisotopic (exact) mass is 265 g/mol. The van der Waals surface area contributed by atoms with Crippen LogP contribution in [-0.4, -0.2) is 48.2 Å². The Hall–Kier alpha value is -1.36. The first kappa shape index (κ1) is 12.7. The summed E-state index contributed by atoms with van der Waals surface area (Å²) in [4.78, 5) is 26.4. The van der Waals surface area contributed by atoms with Crippen LogP contribution in [0.4, 0.5) is 0 Å². The van der Waals surface area contributed by atoms with Gasteiger partial charge in [0.1, 0.15) is 11.5 Å². The second-order valence-electron chi connectivity index (χ2n) is 5.65. The molecule has 1 amide bonds. The molecular weight excluding hydrogens is 246 g/mol. The average Bonchev–Trinajstić information content (AvgIpc) is 3.05. The van der Waals surface area contributed by atoms with Gasteiger partial charge in [0.05, 0.1) is 25.7 Å². The molecule has 0 aromatic heterocycles. The summed E-state index contributed by atoms with van der Waals surface area (Å²) in [7, 11) is 1.36. The molecule has 5 heteroatoms. The molecule has 104 valence electrons. The smallest absolute Gasteiger partial charge is 0.312 e. The molecular formula is C14H19NO4. The maximum Gasteiger partial charge on any atom is 0.312 e. The first-order valence-corrected chi connectivity index (χ1v) is 6.79. The largest absolute Gasteiger partial charge is 0.469 e. The first-order chi connectivity index (χ1) is 9.04. The van der Waals surface area contributed by atoms with E-state index in [-0.39, 0.29) is 24.0 Å². The number of rotatable bonds is 3. The van der Waals surface area contributed by atoms with Crippen molar-refractivity contribution in [3.63, 3.8) is 0 Å². The van der Waals surface area contributed by atoms with Gasteiger partial charge in [-0.2, -0.15) is 0 Å². The molecule has 5 atom stereocenters. The molecule has 0 aromatic rings. The van der Waals surface area contributed by atoms with E-state index >= 15 is 0 Å². The van der Waals surface area contributed by atoms with Gasteiger partial charge >= 0.3 is 5.97 Å². The highest BCUT2D eigenvalue weighted by molar-refractivity contribution is 5.91. The fourth-order valence-corrected chi connectivity index (χ4v) is 3.53. The number of esters is 1. The summed E-state index contributed by atoms with van der Waals surface area (Å²) in [6.07, 6.45) is 4.44. The third-order valence-electron chi connectivity index (χ3n) is 4.73. The number of likely N-dealkylation sites (tertiary alicyclic amines) is 1. The van der Waals surface area contributed by atoms with Gasteiger partial charge in [0.2, 0.25) is 5.91 Å². The number of nitrogens with zero attached hydrogens (tertiary/aromatic N) is 1. The Balaban J connectivity index is 1.95. The lowest BCUT2D eigenvalue weighted by Gasteiger charge is -2.26.